The Hall–Kier alpha value is -1.71. The van der Waals surface area contributed by atoms with E-state index in [4.69, 9.17) is 13.6 Å². The predicted molar refractivity (Wildman–Crippen MR) is 132 cm³/mol. The maximum absolute atomic E-state index is 12.6. The van der Waals surface area contributed by atoms with E-state index in [1.807, 2.05) is 44.3 Å². The van der Waals surface area contributed by atoms with Crippen LogP contribution < -0.4 is 0 Å². The molecule has 2 aromatic heterocycles. The van der Waals surface area contributed by atoms with Crippen LogP contribution in [0.4, 0.5) is 0 Å². The molecule has 0 unspecified atom stereocenters. The van der Waals surface area contributed by atoms with E-state index in [0.29, 0.717) is 36.0 Å². The smallest absolute Gasteiger partial charge is 0.311 e. The number of aryl methyl sites for hydroxylation is 1. The van der Waals surface area contributed by atoms with E-state index in [1.54, 1.807) is 6.92 Å². The summed E-state index contributed by atoms with van der Waals surface area (Å²) in [5.41, 5.74) is 1.10. The molecule has 3 rings (SSSR count). The van der Waals surface area contributed by atoms with E-state index in [0.717, 1.165) is 23.5 Å². The van der Waals surface area contributed by atoms with Crippen molar-refractivity contribution in [3.8, 4) is 11.6 Å². The summed E-state index contributed by atoms with van der Waals surface area (Å²) in [5.74, 6) is 2.81. The molecule has 2 aromatic rings. The fraction of sp³-hybridized carbons (Fsp3) is 0.625. The Balaban J connectivity index is 1.64. The number of nitrogens with zero attached hydrogens (tertiary/aromatic N) is 2. The van der Waals surface area contributed by atoms with E-state index >= 15 is 0 Å². The third kappa shape index (κ3) is 7.39. The summed E-state index contributed by atoms with van der Waals surface area (Å²) >= 11 is 3.85. The van der Waals surface area contributed by atoms with Gasteiger partial charge in [-0.25, -0.2) is 9.97 Å². The Morgan fingerprint density at radius 3 is 2.55 bits per heavy atom. The molecule has 0 aliphatic carbocycles. The number of hydrogen-bond acceptors (Lipinski definition) is 9. The molecule has 0 aromatic carbocycles. The van der Waals surface area contributed by atoms with Crippen LogP contribution in [0.25, 0.3) is 11.6 Å². The number of oxazole rings is 2. The Bertz CT molecular complexity index is 956. The summed E-state index contributed by atoms with van der Waals surface area (Å²) in [6.07, 6.45) is 4.42. The highest BCUT2D eigenvalue weighted by Crippen LogP contribution is 2.46. The molecule has 1 aliphatic rings. The number of esters is 1. The number of aliphatic hydroxyl groups is 1. The maximum Gasteiger partial charge on any atom is 0.311 e. The van der Waals surface area contributed by atoms with Crippen LogP contribution in [0.3, 0.4) is 0 Å². The highest BCUT2D eigenvalue weighted by Gasteiger charge is 2.35. The van der Waals surface area contributed by atoms with Gasteiger partial charge in [-0.15, -0.1) is 23.5 Å². The van der Waals surface area contributed by atoms with Crippen molar-refractivity contribution in [1.82, 2.24) is 9.97 Å². The Kier molecular flexibility index (Phi) is 8.40. The second kappa shape index (κ2) is 10.7. The third-order valence-corrected chi connectivity index (χ3v) is 8.54. The molecule has 182 valence electrons. The summed E-state index contributed by atoms with van der Waals surface area (Å²) in [7, 11) is 0. The van der Waals surface area contributed by atoms with Crippen molar-refractivity contribution in [2.24, 2.45) is 5.41 Å². The predicted octanol–water partition coefficient (Wildman–Crippen LogP) is 5.94. The molecule has 0 amide bonds. The van der Waals surface area contributed by atoms with Crippen LogP contribution in [0.1, 0.15) is 71.1 Å². The van der Waals surface area contributed by atoms with Gasteiger partial charge in [-0.05, 0) is 52.0 Å². The van der Waals surface area contributed by atoms with Crippen LogP contribution in [0.2, 0.25) is 0 Å². The van der Waals surface area contributed by atoms with Crippen LogP contribution in [0, 0.1) is 12.3 Å². The van der Waals surface area contributed by atoms with Crippen molar-refractivity contribution in [2.45, 2.75) is 76.6 Å². The van der Waals surface area contributed by atoms with Gasteiger partial charge in [0.1, 0.15) is 30.4 Å². The molecule has 33 heavy (non-hydrogen) atoms. The largest absolute Gasteiger partial charge is 0.462 e. The summed E-state index contributed by atoms with van der Waals surface area (Å²) in [6, 6.07) is 0. The van der Waals surface area contributed by atoms with Gasteiger partial charge in [0.25, 0.3) is 0 Å². The van der Waals surface area contributed by atoms with Crippen LogP contribution in [-0.4, -0.2) is 42.7 Å². The standard InChI is InChI=1S/C24H34N2O5S2/c1-15(11-20(27)18-13-30-21(26-18)19-14-29-16(2)25-19)10-17(31-22(28)23(3,4)5)12-24(6)32-8-7-9-33-24/h13-14,17,20,27H,1,7-12H2,2-6H3/t17-,20-/m1/s1. The number of aromatic nitrogens is 2. The summed E-state index contributed by atoms with van der Waals surface area (Å²) in [5, 5.41) is 10.7. The van der Waals surface area contributed by atoms with E-state index < -0.39 is 11.5 Å². The van der Waals surface area contributed by atoms with Crippen molar-refractivity contribution in [3.63, 3.8) is 0 Å². The highest BCUT2D eigenvalue weighted by molar-refractivity contribution is 8.18. The van der Waals surface area contributed by atoms with E-state index in [9.17, 15) is 9.90 Å². The van der Waals surface area contributed by atoms with Crippen molar-refractivity contribution in [2.75, 3.05) is 11.5 Å². The van der Waals surface area contributed by atoms with Crippen LogP contribution in [-0.2, 0) is 9.53 Å². The average molecular weight is 495 g/mol. The van der Waals surface area contributed by atoms with Crippen LogP contribution in [0.5, 0.6) is 0 Å². The fourth-order valence-corrected chi connectivity index (χ4v) is 6.56. The van der Waals surface area contributed by atoms with Crippen LogP contribution in [0.15, 0.2) is 33.5 Å². The van der Waals surface area contributed by atoms with E-state index in [-0.39, 0.29) is 16.2 Å². The summed E-state index contributed by atoms with van der Waals surface area (Å²) < 4.78 is 16.6. The van der Waals surface area contributed by atoms with E-state index in [2.05, 4.69) is 23.5 Å². The van der Waals surface area contributed by atoms with Gasteiger partial charge in [-0.1, -0.05) is 12.2 Å². The highest BCUT2D eigenvalue weighted by atomic mass is 32.2. The minimum atomic E-state index is -0.879. The number of carbonyl (C=O) groups excluding carboxylic acids is 1. The SMILES string of the molecule is C=C(C[C@H](CC1(C)SCCCS1)OC(=O)C(C)(C)C)C[C@@H](O)c1coc(-c2coc(C)n2)n1. The molecule has 0 spiro atoms. The summed E-state index contributed by atoms with van der Waals surface area (Å²) in [6.45, 7) is 13.7. The molecule has 0 bridgehead atoms. The Labute approximate surface area is 204 Å². The van der Waals surface area contributed by atoms with Gasteiger partial charge < -0.3 is 18.7 Å². The molecule has 1 saturated heterocycles. The van der Waals surface area contributed by atoms with Gasteiger partial charge in [0, 0.05) is 19.8 Å². The van der Waals surface area contributed by atoms with Crippen LogP contribution >= 0.6 is 23.5 Å². The molecule has 1 N–H and O–H groups in total. The number of rotatable bonds is 9. The zero-order valence-electron chi connectivity index (χ0n) is 20.1. The molecule has 9 heteroatoms. The average Bonchev–Trinajstić information content (AvgIpc) is 3.36. The fourth-order valence-electron chi connectivity index (χ4n) is 3.49. The zero-order chi connectivity index (χ0) is 24.2. The first-order chi connectivity index (χ1) is 15.4. The lowest BCUT2D eigenvalue weighted by atomic mass is 9.96. The number of hydrogen-bond donors (Lipinski definition) is 1. The molecule has 0 saturated carbocycles. The number of thioether (sulfide) groups is 2. The minimum Gasteiger partial charge on any atom is -0.462 e. The second-order valence-electron chi connectivity index (χ2n) is 9.67. The quantitative estimate of drug-likeness (QED) is 0.335. The van der Waals surface area contributed by atoms with Gasteiger partial charge in [0.2, 0.25) is 5.89 Å². The minimum absolute atomic E-state index is 0.00326. The molecular formula is C24H34N2O5S2. The molecule has 1 aliphatic heterocycles. The molecule has 0 radical (unpaired) electrons. The van der Waals surface area contributed by atoms with Gasteiger partial charge in [-0.2, -0.15) is 0 Å². The molecule has 2 atom stereocenters. The number of carbonyl (C=O) groups is 1. The maximum atomic E-state index is 12.6. The monoisotopic (exact) mass is 494 g/mol. The van der Waals surface area contributed by atoms with Gasteiger partial charge in [0.15, 0.2) is 11.6 Å². The van der Waals surface area contributed by atoms with E-state index in [1.165, 1.54) is 18.9 Å². The lowest BCUT2D eigenvalue weighted by Crippen LogP contribution is -2.34. The topological polar surface area (TPSA) is 98.6 Å². The number of ether oxygens (including phenoxy) is 1. The first-order valence-electron chi connectivity index (χ1n) is 11.2. The second-order valence-corrected chi connectivity index (χ2v) is 13.1. The molecule has 1 fully saturated rings. The van der Waals surface area contributed by atoms with Crippen molar-refractivity contribution in [3.05, 3.63) is 36.3 Å². The lowest BCUT2D eigenvalue weighted by molar-refractivity contribution is -0.158. The number of aliphatic hydroxyl groups excluding tert-OH is 1. The molecule has 3 heterocycles. The Morgan fingerprint density at radius 1 is 1.24 bits per heavy atom. The molecule has 7 nitrogen and oxygen atoms in total. The van der Waals surface area contributed by atoms with Gasteiger partial charge in [-0.3, -0.25) is 4.79 Å². The van der Waals surface area contributed by atoms with Gasteiger partial charge >= 0.3 is 5.97 Å². The summed E-state index contributed by atoms with van der Waals surface area (Å²) in [4.78, 5) is 21.2. The lowest BCUT2D eigenvalue weighted by Gasteiger charge is -2.36. The van der Waals surface area contributed by atoms with Crippen molar-refractivity contribution < 1.29 is 23.5 Å². The normalized spacial score (nSPS) is 18.0. The Morgan fingerprint density at radius 2 is 1.94 bits per heavy atom. The first-order valence-corrected chi connectivity index (χ1v) is 13.1. The first kappa shape index (κ1) is 25.9. The van der Waals surface area contributed by atoms with Crippen molar-refractivity contribution in [1.29, 1.82) is 0 Å². The third-order valence-electron chi connectivity index (χ3n) is 5.29. The van der Waals surface area contributed by atoms with Gasteiger partial charge in [0.05, 0.1) is 9.49 Å². The van der Waals surface area contributed by atoms with Crippen molar-refractivity contribution >= 4 is 29.5 Å². The zero-order valence-corrected chi connectivity index (χ0v) is 21.7. The molecular weight excluding hydrogens is 460 g/mol.